The normalized spacial score (nSPS) is 15.4. The lowest BCUT2D eigenvalue weighted by molar-refractivity contribution is -0.122. The molecule has 1 heterocycles. The van der Waals surface area contributed by atoms with Gasteiger partial charge < -0.3 is 5.11 Å². The molecule has 4 rings (SSSR count). The number of hydrogen-bond acceptors (Lipinski definition) is 6. The fourth-order valence-corrected chi connectivity index (χ4v) is 4.66. The monoisotopic (exact) mass is 513 g/mol. The van der Waals surface area contributed by atoms with Gasteiger partial charge in [0.2, 0.25) is 0 Å². The maximum Gasteiger partial charge on any atom is 0.270 e. The molecular formula is C23H16ClN3O5S2. The molecular weight excluding hydrogens is 498 g/mol. The van der Waals surface area contributed by atoms with Crippen LogP contribution < -0.4 is 14.9 Å². The number of rotatable bonds is 5. The van der Waals surface area contributed by atoms with E-state index in [2.05, 4.69) is 10.0 Å². The first-order valence-corrected chi connectivity index (χ1v) is 12.0. The molecule has 1 aliphatic heterocycles. The Balaban J connectivity index is 1.62. The zero-order valence-corrected chi connectivity index (χ0v) is 19.6. The Hall–Kier alpha value is -3.73. The van der Waals surface area contributed by atoms with Gasteiger partial charge in [0, 0.05) is 16.7 Å². The minimum atomic E-state index is -3.86. The van der Waals surface area contributed by atoms with Crippen LogP contribution in [0.25, 0.3) is 6.08 Å². The van der Waals surface area contributed by atoms with Gasteiger partial charge in [-0.25, -0.2) is 8.42 Å². The lowest BCUT2D eigenvalue weighted by Crippen LogP contribution is -2.54. The van der Waals surface area contributed by atoms with E-state index in [1.165, 1.54) is 36.4 Å². The Bertz CT molecular complexity index is 1440. The molecule has 2 amide bonds. The number of phenolic OH excluding ortho intramolecular Hbond substituents is 1. The molecule has 0 unspecified atom stereocenters. The van der Waals surface area contributed by atoms with E-state index in [1.807, 2.05) is 0 Å². The van der Waals surface area contributed by atoms with Gasteiger partial charge in [-0.1, -0.05) is 29.8 Å². The van der Waals surface area contributed by atoms with Crippen molar-refractivity contribution in [1.29, 1.82) is 0 Å². The number of sulfonamides is 1. The highest BCUT2D eigenvalue weighted by atomic mass is 35.5. The molecule has 8 nitrogen and oxygen atoms in total. The Labute approximate surface area is 205 Å². The van der Waals surface area contributed by atoms with E-state index in [0.717, 1.165) is 4.90 Å². The molecule has 1 aliphatic rings. The molecule has 0 atom stereocenters. The predicted molar refractivity (Wildman–Crippen MR) is 133 cm³/mol. The number of aromatic hydroxyl groups is 1. The first-order valence-electron chi connectivity index (χ1n) is 9.73. The molecule has 34 heavy (non-hydrogen) atoms. The van der Waals surface area contributed by atoms with Crippen LogP contribution in [0.4, 0.5) is 11.4 Å². The molecule has 11 heteroatoms. The van der Waals surface area contributed by atoms with Crippen LogP contribution in [0, 0.1) is 0 Å². The molecule has 3 N–H and O–H groups in total. The number of carbonyl (C=O) groups excluding carboxylic acids is 2. The lowest BCUT2D eigenvalue weighted by atomic mass is 10.1. The van der Waals surface area contributed by atoms with Crippen LogP contribution in [0.5, 0.6) is 5.75 Å². The standard InChI is InChI=1S/C23H16ClN3O5S2/c24-15-7-10-17(11-8-15)27-22(30)19(21(29)25-23(27)33)12-14-6-9-16(13-20(14)28)26-34(31,32)18-4-2-1-3-5-18/h1-13,26,28H,(H,25,29,33). The van der Waals surface area contributed by atoms with E-state index >= 15 is 0 Å². The molecule has 3 aromatic rings. The summed E-state index contributed by atoms with van der Waals surface area (Å²) in [5, 5.41) is 13.3. The van der Waals surface area contributed by atoms with Gasteiger partial charge in [0.15, 0.2) is 5.11 Å². The Morgan fingerprint density at radius 2 is 1.68 bits per heavy atom. The van der Waals surface area contributed by atoms with Gasteiger partial charge in [-0.05, 0) is 66.8 Å². The molecule has 3 aromatic carbocycles. The van der Waals surface area contributed by atoms with E-state index in [9.17, 15) is 23.1 Å². The van der Waals surface area contributed by atoms with Crippen molar-refractivity contribution in [2.24, 2.45) is 0 Å². The highest BCUT2D eigenvalue weighted by Crippen LogP contribution is 2.28. The topological polar surface area (TPSA) is 116 Å². The van der Waals surface area contributed by atoms with E-state index in [-0.39, 0.29) is 32.6 Å². The highest BCUT2D eigenvalue weighted by molar-refractivity contribution is 7.92. The third-order valence-electron chi connectivity index (χ3n) is 4.82. The number of hydrogen-bond donors (Lipinski definition) is 3. The largest absolute Gasteiger partial charge is 0.507 e. The van der Waals surface area contributed by atoms with Gasteiger partial charge in [-0.3, -0.25) is 24.5 Å². The summed E-state index contributed by atoms with van der Waals surface area (Å²) in [6.07, 6.45) is 1.20. The average Bonchev–Trinajstić information content (AvgIpc) is 2.79. The summed E-state index contributed by atoms with van der Waals surface area (Å²) in [4.78, 5) is 26.7. The number of phenols is 1. The summed E-state index contributed by atoms with van der Waals surface area (Å²) < 4.78 is 27.4. The second-order valence-corrected chi connectivity index (χ2v) is 9.63. The van der Waals surface area contributed by atoms with Crippen LogP contribution in [-0.2, 0) is 19.6 Å². The van der Waals surface area contributed by atoms with Crippen molar-refractivity contribution in [3.63, 3.8) is 0 Å². The summed E-state index contributed by atoms with van der Waals surface area (Å²) in [7, 11) is -3.86. The van der Waals surface area contributed by atoms with Gasteiger partial charge in [-0.15, -0.1) is 0 Å². The summed E-state index contributed by atoms with van der Waals surface area (Å²) in [6.45, 7) is 0. The summed E-state index contributed by atoms with van der Waals surface area (Å²) in [5.41, 5.74) is 0.369. The van der Waals surface area contributed by atoms with Crippen molar-refractivity contribution in [2.45, 2.75) is 4.90 Å². The average molecular weight is 514 g/mol. The molecule has 0 radical (unpaired) electrons. The quantitative estimate of drug-likeness (QED) is 0.272. The summed E-state index contributed by atoms with van der Waals surface area (Å²) >= 11 is 11.0. The van der Waals surface area contributed by atoms with Gasteiger partial charge in [0.25, 0.3) is 21.8 Å². The van der Waals surface area contributed by atoms with Crippen molar-refractivity contribution < 1.29 is 23.1 Å². The number of thiocarbonyl (C=S) groups is 1. The first-order chi connectivity index (χ1) is 16.2. The second-order valence-electron chi connectivity index (χ2n) is 7.13. The van der Waals surface area contributed by atoms with Gasteiger partial charge >= 0.3 is 0 Å². The van der Waals surface area contributed by atoms with Crippen LogP contribution in [0.3, 0.4) is 0 Å². The molecule has 0 aromatic heterocycles. The third-order valence-corrected chi connectivity index (χ3v) is 6.76. The number of benzene rings is 3. The second kappa shape index (κ2) is 9.26. The number of halogens is 1. The van der Waals surface area contributed by atoms with Crippen molar-refractivity contribution in [2.75, 3.05) is 9.62 Å². The molecule has 1 fully saturated rings. The van der Waals surface area contributed by atoms with Gasteiger partial charge in [0.1, 0.15) is 11.3 Å². The van der Waals surface area contributed by atoms with E-state index in [0.29, 0.717) is 10.7 Å². The summed E-state index contributed by atoms with van der Waals surface area (Å²) in [6, 6.07) is 18.0. The van der Waals surface area contributed by atoms with E-state index < -0.39 is 21.8 Å². The fraction of sp³-hybridized carbons (Fsp3) is 0. The molecule has 0 aliphatic carbocycles. The fourth-order valence-electron chi connectivity index (χ4n) is 3.18. The van der Waals surface area contributed by atoms with Crippen molar-refractivity contribution >= 4 is 68.2 Å². The Morgan fingerprint density at radius 3 is 2.32 bits per heavy atom. The van der Waals surface area contributed by atoms with Gasteiger partial charge in [-0.2, -0.15) is 0 Å². The van der Waals surface area contributed by atoms with Crippen LogP contribution >= 0.6 is 23.8 Å². The van der Waals surface area contributed by atoms with Crippen LogP contribution in [0.15, 0.2) is 83.3 Å². The molecule has 0 bridgehead atoms. The minimum absolute atomic E-state index is 0.0587. The minimum Gasteiger partial charge on any atom is -0.507 e. The summed E-state index contributed by atoms with van der Waals surface area (Å²) in [5.74, 6) is -1.76. The van der Waals surface area contributed by atoms with Crippen molar-refractivity contribution in [1.82, 2.24) is 5.32 Å². The number of nitrogens with one attached hydrogen (secondary N) is 2. The highest BCUT2D eigenvalue weighted by Gasteiger charge is 2.34. The molecule has 1 saturated heterocycles. The lowest BCUT2D eigenvalue weighted by Gasteiger charge is -2.29. The third kappa shape index (κ3) is 4.79. The van der Waals surface area contributed by atoms with Crippen LogP contribution in [0.2, 0.25) is 5.02 Å². The number of amides is 2. The zero-order chi connectivity index (χ0) is 24.5. The maximum atomic E-state index is 13.1. The predicted octanol–water partition coefficient (Wildman–Crippen LogP) is 3.68. The Kier molecular flexibility index (Phi) is 6.38. The number of carbonyl (C=O) groups is 2. The first kappa shape index (κ1) is 23.4. The van der Waals surface area contributed by atoms with Crippen molar-refractivity contribution in [3.05, 3.63) is 89.0 Å². The van der Waals surface area contributed by atoms with E-state index in [1.54, 1.807) is 42.5 Å². The van der Waals surface area contributed by atoms with Crippen LogP contribution in [-0.4, -0.2) is 30.5 Å². The van der Waals surface area contributed by atoms with E-state index in [4.69, 9.17) is 23.8 Å². The zero-order valence-electron chi connectivity index (χ0n) is 17.2. The number of anilines is 2. The van der Waals surface area contributed by atoms with Gasteiger partial charge in [0.05, 0.1) is 16.3 Å². The van der Waals surface area contributed by atoms with Crippen molar-refractivity contribution in [3.8, 4) is 5.75 Å². The molecule has 0 spiro atoms. The molecule has 172 valence electrons. The smallest absolute Gasteiger partial charge is 0.270 e. The SMILES string of the molecule is O=C1NC(=S)N(c2ccc(Cl)cc2)C(=O)C1=Cc1ccc(NS(=O)(=O)c2ccccc2)cc1O. The van der Waals surface area contributed by atoms with Crippen LogP contribution in [0.1, 0.15) is 5.56 Å². The maximum absolute atomic E-state index is 13.1. The number of nitrogens with zero attached hydrogens (tertiary/aromatic N) is 1. The Morgan fingerprint density at radius 1 is 1.00 bits per heavy atom. The molecule has 0 saturated carbocycles.